The Labute approximate surface area is 413 Å². The maximum absolute atomic E-state index is 8.71. The highest BCUT2D eigenvalue weighted by Crippen LogP contribution is 2.34. The number of hydrogen-bond donors (Lipinski definition) is 0. The normalized spacial score (nSPS) is 12.0. The van der Waals surface area contributed by atoms with Crippen molar-refractivity contribution in [2.75, 3.05) is 0 Å². The van der Waals surface area contributed by atoms with E-state index in [2.05, 4.69) is 282 Å². The van der Waals surface area contributed by atoms with E-state index >= 15 is 0 Å². The second-order valence-corrected chi connectivity index (χ2v) is 24.9. The lowest BCUT2D eigenvalue weighted by molar-refractivity contribution is 0.600. The zero-order valence-corrected chi connectivity index (χ0v) is 40.6. The van der Waals surface area contributed by atoms with Crippen molar-refractivity contribution in [3.05, 3.63) is 273 Å². The molecular formula is C63H45N5OSi2. The molecule has 0 atom stereocenters. The molecule has 3 heterocycles. The average molecular weight is 944 g/mol. The predicted molar refractivity (Wildman–Crippen MR) is 297 cm³/mol. The van der Waals surface area contributed by atoms with E-state index in [1.54, 1.807) is 0 Å². The van der Waals surface area contributed by atoms with Crippen molar-refractivity contribution in [2.45, 2.75) is 0 Å². The SMILES string of the molecule is c1ccc([Si](O[Si](c2ccccc2)(c2ccccc2)c2cccc(-c3nc(-n4c5ccccc5c5ccccc54)nc(-n4c5ccccc5c5ccccc54)n3)c2)(c2ccccc2)c2ccccc2)cc1. The molecule has 71 heavy (non-hydrogen) atoms. The first kappa shape index (κ1) is 42.3. The molecule has 0 aliphatic rings. The lowest BCUT2D eigenvalue weighted by Crippen LogP contribution is -2.81. The lowest BCUT2D eigenvalue weighted by atomic mass is 10.2. The van der Waals surface area contributed by atoms with Crippen LogP contribution in [0.4, 0.5) is 0 Å². The van der Waals surface area contributed by atoms with Gasteiger partial charge in [-0.3, -0.25) is 9.13 Å². The van der Waals surface area contributed by atoms with Crippen molar-refractivity contribution in [3.8, 4) is 23.3 Å². The number of fused-ring (bicyclic) bond motifs is 6. The molecule has 0 aliphatic carbocycles. The first-order chi connectivity index (χ1) is 35.2. The second-order valence-electron chi connectivity index (χ2n) is 17.9. The van der Waals surface area contributed by atoms with E-state index in [0.717, 1.165) is 64.7 Å². The van der Waals surface area contributed by atoms with Gasteiger partial charge in [-0.2, -0.15) is 15.0 Å². The maximum atomic E-state index is 8.71. The van der Waals surface area contributed by atoms with Crippen molar-refractivity contribution in [2.24, 2.45) is 0 Å². The highest BCUT2D eigenvalue weighted by molar-refractivity contribution is 7.18. The van der Waals surface area contributed by atoms with Gasteiger partial charge in [-0.15, -0.1) is 0 Å². The van der Waals surface area contributed by atoms with Crippen LogP contribution in [0.3, 0.4) is 0 Å². The molecular weight excluding hydrogens is 899 g/mol. The van der Waals surface area contributed by atoms with E-state index in [4.69, 9.17) is 19.1 Å². The van der Waals surface area contributed by atoms with E-state index in [9.17, 15) is 0 Å². The molecule has 0 radical (unpaired) electrons. The van der Waals surface area contributed by atoms with E-state index in [0.29, 0.717) is 17.7 Å². The van der Waals surface area contributed by atoms with Crippen molar-refractivity contribution in [1.29, 1.82) is 0 Å². The van der Waals surface area contributed by atoms with Gasteiger partial charge in [0.2, 0.25) is 11.9 Å². The van der Waals surface area contributed by atoms with Crippen LogP contribution in [0.1, 0.15) is 0 Å². The first-order valence-electron chi connectivity index (χ1n) is 24.0. The Kier molecular flexibility index (Phi) is 10.5. The zero-order valence-electron chi connectivity index (χ0n) is 38.6. The van der Waals surface area contributed by atoms with Gasteiger partial charge in [0, 0.05) is 27.1 Å². The lowest BCUT2D eigenvalue weighted by Gasteiger charge is -2.44. The highest BCUT2D eigenvalue weighted by atomic mass is 28.4. The minimum absolute atomic E-state index is 0.532. The number of aromatic nitrogens is 5. The Morgan fingerprint density at radius 1 is 0.268 bits per heavy atom. The molecule has 0 saturated carbocycles. The molecule has 6 nitrogen and oxygen atoms in total. The monoisotopic (exact) mass is 943 g/mol. The molecule has 0 fully saturated rings. The summed E-state index contributed by atoms with van der Waals surface area (Å²) in [6.45, 7) is 0. The summed E-state index contributed by atoms with van der Waals surface area (Å²) < 4.78 is 13.1. The van der Waals surface area contributed by atoms with Gasteiger partial charge in [0.1, 0.15) is 0 Å². The predicted octanol–water partition coefficient (Wildman–Crippen LogP) is 10.4. The van der Waals surface area contributed by atoms with Crippen molar-refractivity contribution < 1.29 is 4.12 Å². The largest absolute Gasteiger partial charge is 0.435 e. The molecule has 13 rings (SSSR count). The smallest absolute Gasteiger partial charge is 0.278 e. The van der Waals surface area contributed by atoms with Crippen LogP contribution >= 0.6 is 0 Å². The minimum atomic E-state index is -3.57. The molecule has 0 unspecified atom stereocenters. The van der Waals surface area contributed by atoms with E-state index in [1.165, 1.54) is 15.6 Å². The molecule has 0 bridgehead atoms. The Balaban J connectivity index is 1.11. The summed E-state index contributed by atoms with van der Waals surface area (Å²) in [6, 6.07) is 97.4. The van der Waals surface area contributed by atoms with E-state index in [-0.39, 0.29) is 0 Å². The van der Waals surface area contributed by atoms with Crippen molar-refractivity contribution in [3.63, 3.8) is 0 Å². The first-order valence-corrected chi connectivity index (χ1v) is 27.8. The summed E-state index contributed by atoms with van der Waals surface area (Å²) in [5.41, 5.74) is 4.93. The zero-order chi connectivity index (χ0) is 47.2. The highest BCUT2D eigenvalue weighted by Gasteiger charge is 2.53. The fourth-order valence-corrected chi connectivity index (χ4v) is 21.4. The van der Waals surface area contributed by atoms with Crippen LogP contribution in [0.2, 0.25) is 0 Å². The number of benzene rings is 10. The quantitative estimate of drug-likeness (QED) is 0.0958. The van der Waals surface area contributed by atoms with Gasteiger partial charge < -0.3 is 4.12 Å². The van der Waals surface area contributed by atoms with Gasteiger partial charge in [0.25, 0.3) is 16.6 Å². The summed E-state index contributed by atoms with van der Waals surface area (Å²) in [5.74, 6) is 1.62. The van der Waals surface area contributed by atoms with Crippen LogP contribution in [-0.4, -0.2) is 40.7 Å². The maximum Gasteiger partial charge on any atom is 0.278 e. The molecule has 336 valence electrons. The third-order valence-electron chi connectivity index (χ3n) is 13.9. The van der Waals surface area contributed by atoms with Crippen LogP contribution in [0.25, 0.3) is 66.9 Å². The number of nitrogens with zero attached hydrogens (tertiary/aromatic N) is 5. The fourth-order valence-electron chi connectivity index (χ4n) is 10.8. The van der Waals surface area contributed by atoms with Gasteiger partial charge in [-0.25, -0.2) is 0 Å². The van der Waals surface area contributed by atoms with Crippen LogP contribution in [0.15, 0.2) is 273 Å². The summed E-state index contributed by atoms with van der Waals surface area (Å²) in [4.78, 5) is 16.5. The Morgan fingerprint density at radius 3 is 0.887 bits per heavy atom. The topological polar surface area (TPSA) is 57.8 Å². The van der Waals surface area contributed by atoms with Gasteiger partial charge in [-0.1, -0.05) is 243 Å². The second kappa shape index (κ2) is 17.6. The molecule has 10 aromatic carbocycles. The molecule has 0 amide bonds. The Bertz CT molecular complexity index is 3660. The van der Waals surface area contributed by atoms with Crippen LogP contribution in [0, 0.1) is 0 Å². The van der Waals surface area contributed by atoms with Gasteiger partial charge in [0.05, 0.1) is 22.1 Å². The summed E-state index contributed by atoms with van der Waals surface area (Å²) >= 11 is 0. The van der Waals surface area contributed by atoms with Gasteiger partial charge in [-0.05, 0) is 61.5 Å². The summed E-state index contributed by atoms with van der Waals surface area (Å²) in [5, 5.41) is 11.4. The molecule has 0 spiro atoms. The van der Waals surface area contributed by atoms with Crippen LogP contribution < -0.4 is 31.1 Å². The average Bonchev–Trinajstić information content (AvgIpc) is 3.98. The summed E-state index contributed by atoms with van der Waals surface area (Å²) in [7, 11) is -6.96. The fraction of sp³-hybridized carbons (Fsp3) is 0. The van der Waals surface area contributed by atoms with Crippen molar-refractivity contribution in [1.82, 2.24) is 24.1 Å². The summed E-state index contributed by atoms with van der Waals surface area (Å²) in [6.07, 6.45) is 0. The van der Waals surface area contributed by atoms with Crippen LogP contribution in [0.5, 0.6) is 0 Å². The van der Waals surface area contributed by atoms with E-state index in [1.807, 2.05) is 0 Å². The third-order valence-corrected chi connectivity index (χ3v) is 23.2. The Hall–Kier alpha value is -8.80. The van der Waals surface area contributed by atoms with Gasteiger partial charge in [0.15, 0.2) is 5.82 Å². The molecule has 3 aromatic heterocycles. The van der Waals surface area contributed by atoms with Crippen LogP contribution in [-0.2, 0) is 4.12 Å². The molecule has 0 aliphatic heterocycles. The van der Waals surface area contributed by atoms with Gasteiger partial charge >= 0.3 is 0 Å². The van der Waals surface area contributed by atoms with E-state index < -0.39 is 16.6 Å². The standard InChI is InChI=1S/C63H45N5OSi2/c1-6-26-47(27-7-1)70(48-28-8-2-9-29-48,49-30-10-3-11-31-49)69-71(50-32-12-4-13-33-50,51-34-14-5-15-35-51)52-36-24-25-46(45-52)61-64-62(67-57-41-20-16-37-53(57)54-38-17-21-42-58(54)67)66-63(65-61)68-59-43-22-18-39-55(59)56-40-19-23-44-60(56)68/h1-45H. The molecule has 0 saturated heterocycles. The number of rotatable bonds is 11. The minimum Gasteiger partial charge on any atom is -0.435 e. The Morgan fingerprint density at radius 2 is 0.549 bits per heavy atom. The molecule has 0 N–H and O–H groups in total. The molecule has 8 heteroatoms. The van der Waals surface area contributed by atoms with Crippen molar-refractivity contribution >= 4 is 91.4 Å². The molecule has 13 aromatic rings. The number of hydrogen-bond acceptors (Lipinski definition) is 4. The third kappa shape index (κ3) is 6.99. The number of para-hydroxylation sites is 4.